The summed E-state index contributed by atoms with van der Waals surface area (Å²) in [6.07, 6.45) is 2.07. The lowest BCUT2D eigenvalue weighted by atomic mass is 9.79. The zero-order valence-electron chi connectivity index (χ0n) is 13.1. The molecule has 2 aliphatic heterocycles. The van der Waals surface area contributed by atoms with E-state index in [0.717, 1.165) is 25.0 Å². The fourth-order valence-electron chi connectivity index (χ4n) is 3.77. The van der Waals surface area contributed by atoms with Crippen LogP contribution in [0.15, 0.2) is 12.1 Å². The van der Waals surface area contributed by atoms with Crippen molar-refractivity contribution in [1.82, 2.24) is 0 Å². The molecule has 3 atom stereocenters. The number of aliphatic hydroxyl groups is 1. The molecule has 4 nitrogen and oxygen atoms in total. The predicted molar refractivity (Wildman–Crippen MR) is 81.0 cm³/mol. The van der Waals surface area contributed by atoms with Crippen LogP contribution >= 0.6 is 0 Å². The summed E-state index contributed by atoms with van der Waals surface area (Å²) >= 11 is 0. The third kappa shape index (κ3) is 2.91. The molecule has 0 amide bonds. The minimum Gasteiger partial charge on any atom is -0.390 e. The van der Waals surface area contributed by atoms with Crippen molar-refractivity contribution in [3.8, 4) is 6.07 Å². The Balaban J connectivity index is 1.95. The van der Waals surface area contributed by atoms with Crippen LogP contribution in [0.4, 0.5) is 14.5 Å². The predicted octanol–water partition coefficient (Wildman–Crippen LogP) is 2.59. The number of halogens is 2. The standard InChI is InChI=1S/C17H20F2N2O2/c1-17(22)4-6-23-10-12(17)15-3-2-5-21(15)16-13(18)7-11(9-20)8-14(16)19/h7-8,12,15,22H,2-6,10H2,1H3/t12-,15+,17-/m0/s1. The molecule has 0 aromatic heterocycles. The van der Waals surface area contributed by atoms with Crippen molar-refractivity contribution >= 4 is 5.69 Å². The second-order valence-corrected chi connectivity index (χ2v) is 6.59. The summed E-state index contributed by atoms with van der Waals surface area (Å²) in [5.74, 6) is -1.66. The van der Waals surface area contributed by atoms with E-state index in [-0.39, 0.29) is 23.2 Å². The van der Waals surface area contributed by atoms with Gasteiger partial charge in [-0.25, -0.2) is 8.78 Å². The average molecular weight is 322 g/mol. The Morgan fingerprint density at radius 3 is 2.70 bits per heavy atom. The SMILES string of the molecule is C[C@]1(O)CCOC[C@H]1[C@H]1CCCN1c1c(F)cc(C#N)cc1F. The molecule has 2 saturated heterocycles. The summed E-state index contributed by atoms with van der Waals surface area (Å²) in [7, 11) is 0. The van der Waals surface area contributed by atoms with Gasteiger partial charge in [0, 0.05) is 25.1 Å². The molecular formula is C17H20F2N2O2. The molecule has 0 unspecified atom stereocenters. The normalized spacial score (nSPS) is 31.2. The van der Waals surface area contributed by atoms with Crippen LogP contribution in [-0.2, 0) is 4.74 Å². The molecule has 0 spiro atoms. The maximum absolute atomic E-state index is 14.4. The first kappa shape index (κ1) is 16.2. The Hall–Kier alpha value is -1.71. The molecule has 2 aliphatic rings. The van der Waals surface area contributed by atoms with Gasteiger partial charge in [0.25, 0.3) is 0 Å². The first-order valence-electron chi connectivity index (χ1n) is 7.90. The van der Waals surface area contributed by atoms with E-state index < -0.39 is 17.2 Å². The third-order valence-corrected chi connectivity index (χ3v) is 5.05. The Morgan fingerprint density at radius 2 is 2.09 bits per heavy atom. The summed E-state index contributed by atoms with van der Waals surface area (Å²) in [5, 5.41) is 19.5. The topological polar surface area (TPSA) is 56.5 Å². The first-order chi connectivity index (χ1) is 10.9. The molecular weight excluding hydrogens is 302 g/mol. The zero-order chi connectivity index (χ0) is 16.6. The molecule has 0 saturated carbocycles. The maximum Gasteiger partial charge on any atom is 0.150 e. The number of anilines is 1. The van der Waals surface area contributed by atoms with E-state index in [1.165, 1.54) is 0 Å². The van der Waals surface area contributed by atoms with Crippen molar-refractivity contribution in [1.29, 1.82) is 5.26 Å². The van der Waals surface area contributed by atoms with E-state index in [1.54, 1.807) is 17.9 Å². The second kappa shape index (κ2) is 6.06. The number of benzene rings is 1. The Morgan fingerprint density at radius 1 is 1.39 bits per heavy atom. The molecule has 0 radical (unpaired) electrons. The molecule has 0 bridgehead atoms. The molecule has 1 N–H and O–H groups in total. The lowest BCUT2D eigenvalue weighted by molar-refractivity contribution is -0.108. The third-order valence-electron chi connectivity index (χ3n) is 5.05. The molecule has 2 heterocycles. The van der Waals surface area contributed by atoms with Crippen LogP contribution in [0.5, 0.6) is 0 Å². The van der Waals surface area contributed by atoms with Gasteiger partial charge in [0.1, 0.15) is 5.69 Å². The molecule has 6 heteroatoms. The van der Waals surface area contributed by atoms with Crippen LogP contribution in [0.3, 0.4) is 0 Å². The van der Waals surface area contributed by atoms with Crippen molar-refractivity contribution in [2.24, 2.45) is 5.92 Å². The lowest BCUT2D eigenvalue weighted by Crippen LogP contribution is -2.52. The van der Waals surface area contributed by atoms with Crippen LogP contribution in [0.25, 0.3) is 0 Å². The van der Waals surface area contributed by atoms with Crippen LogP contribution in [0.1, 0.15) is 31.7 Å². The quantitative estimate of drug-likeness (QED) is 0.909. The highest BCUT2D eigenvalue weighted by Crippen LogP contribution is 2.39. The van der Waals surface area contributed by atoms with E-state index in [1.807, 2.05) is 0 Å². The molecule has 23 heavy (non-hydrogen) atoms. The van der Waals surface area contributed by atoms with Gasteiger partial charge in [0.15, 0.2) is 11.6 Å². The smallest absolute Gasteiger partial charge is 0.150 e. The van der Waals surface area contributed by atoms with Gasteiger partial charge in [-0.2, -0.15) is 5.26 Å². The van der Waals surface area contributed by atoms with Crippen LogP contribution < -0.4 is 4.90 Å². The minimum absolute atomic E-state index is 0.0347. The van der Waals surface area contributed by atoms with Gasteiger partial charge in [0.05, 0.1) is 23.8 Å². The largest absolute Gasteiger partial charge is 0.390 e. The fourth-order valence-corrected chi connectivity index (χ4v) is 3.77. The Bertz CT molecular complexity index is 619. The van der Waals surface area contributed by atoms with Gasteiger partial charge in [-0.05, 0) is 38.3 Å². The number of nitriles is 1. The molecule has 3 rings (SSSR count). The summed E-state index contributed by atoms with van der Waals surface area (Å²) < 4.78 is 34.2. The van der Waals surface area contributed by atoms with Gasteiger partial charge < -0.3 is 14.7 Å². The number of rotatable bonds is 2. The highest BCUT2D eigenvalue weighted by Gasteiger charge is 2.45. The van der Waals surface area contributed by atoms with Gasteiger partial charge in [0.2, 0.25) is 0 Å². The number of hydrogen-bond donors (Lipinski definition) is 1. The molecule has 0 aliphatic carbocycles. The van der Waals surface area contributed by atoms with E-state index in [2.05, 4.69) is 0 Å². The number of hydrogen-bond acceptors (Lipinski definition) is 4. The van der Waals surface area contributed by atoms with Gasteiger partial charge in [-0.3, -0.25) is 0 Å². The molecule has 1 aromatic carbocycles. The summed E-state index contributed by atoms with van der Waals surface area (Å²) in [6, 6.07) is 3.69. The Labute approximate surface area is 134 Å². The summed E-state index contributed by atoms with van der Waals surface area (Å²) in [4.78, 5) is 1.69. The highest BCUT2D eigenvalue weighted by molar-refractivity contribution is 5.54. The lowest BCUT2D eigenvalue weighted by Gasteiger charge is -2.43. The van der Waals surface area contributed by atoms with Crippen molar-refractivity contribution in [3.05, 3.63) is 29.3 Å². The van der Waals surface area contributed by atoms with Gasteiger partial charge >= 0.3 is 0 Å². The van der Waals surface area contributed by atoms with E-state index >= 15 is 0 Å². The maximum atomic E-state index is 14.4. The minimum atomic E-state index is -0.912. The average Bonchev–Trinajstić information content (AvgIpc) is 2.94. The first-order valence-corrected chi connectivity index (χ1v) is 7.90. The molecule has 124 valence electrons. The van der Waals surface area contributed by atoms with Gasteiger partial charge in [-0.1, -0.05) is 0 Å². The van der Waals surface area contributed by atoms with Crippen LogP contribution in [-0.4, -0.2) is 36.5 Å². The second-order valence-electron chi connectivity index (χ2n) is 6.59. The van der Waals surface area contributed by atoms with Crippen LogP contribution in [0.2, 0.25) is 0 Å². The van der Waals surface area contributed by atoms with E-state index in [0.29, 0.717) is 26.2 Å². The summed E-state index contributed by atoms with van der Waals surface area (Å²) in [5.41, 5.74) is -1.05. The van der Waals surface area contributed by atoms with Crippen molar-refractivity contribution in [2.75, 3.05) is 24.7 Å². The van der Waals surface area contributed by atoms with Gasteiger partial charge in [-0.15, -0.1) is 0 Å². The Kier molecular flexibility index (Phi) is 4.26. The monoisotopic (exact) mass is 322 g/mol. The number of nitrogens with zero attached hydrogens (tertiary/aromatic N) is 2. The molecule has 1 aromatic rings. The van der Waals surface area contributed by atoms with Crippen molar-refractivity contribution in [3.63, 3.8) is 0 Å². The van der Waals surface area contributed by atoms with Crippen molar-refractivity contribution in [2.45, 2.75) is 37.8 Å². The van der Waals surface area contributed by atoms with Crippen LogP contribution in [0, 0.1) is 28.9 Å². The van der Waals surface area contributed by atoms with E-state index in [4.69, 9.17) is 10.00 Å². The van der Waals surface area contributed by atoms with E-state index in [9.17, 15) is 13.9 Å². The fraction of sp³-hybridized carbons (Fsp3) is 0.588. The number of ether oxygens (including phenoxy) is 1. The van der Waals surface area contributed by atoms with Crippen molar-refractivity contribution < 1.29 is 18.6 Å². The zero-order valence-corrected chi connectivity index (χ0v) is 13.1. The molecule has 2 fully saturated rings. The highest BCUT2D eigenvalue weighted by atomic mass is 19.1. The summed E-state index contributed by atoms with van der Waals surface area (Å²) in [6.45, 7) is 3.17.